The summed E-state index contributed by atoms with van der Waals surface area (Å²) in [6.45, 7) is 4.00. The van der Waals surface area contributed by atoms with Gasteiger partial charge < -0.3 is 41.6 Å². The quantitative estimate of drug-likeness (QED) is 0.0420. The lowest BCUT2D eigenvalue weighted by atomic mass is 9.83. The first-order valence-corrected chi connectivity index (χ1v) is 21.3. The fraction of sp³-hybridized carbons (Fsp3) is 0.600. The van der Waals surface area contributed by atoms with E-state index in [4.69, 9.17) is 31.1 Å². The van der Waals surface area contributed by atoms with Gasteiger partial charge in [-0.2, -0.15) is 0 Å². The van der Waals surface area contributed by atoms with Gasteiger partial charge in [0.05, 0.1) is 43.9 Å². The molecule has 0 aromatic heterocycles. The molecule has 2 aromatic carbocycles. The minimum absolute atomic E-state index is 0.0172. The fourth-order valence-corrected chi connectivity index (χ4v) is 8.15. The Labute approximate surface area is 326 Å². The maximum absolute atomic E-state index is 14.0. The molecule has 0 radical (unpaired) electrons. The van der Waals surface area contributed by atoms with Crippen molar-refractivity contribution in [3.63, 3.8) is 0 Å². The number of carbonyl (C=O) groups excluding carboxylic acids is 3. The average Bonchev–Trinajstić information content (AvgIpc) is 3.17. The van der Waals surface area contributed by atoms with Crippen LogP contribution in [0.4, 0.5) is 0 Å². The molecule has 1 fully saturated rings. The van der Waals surface area contributed by atoms with Crippen LogP contribution < -0.4 is 27.4 Å². The molecule has 0 heterocycles. The van der Waals surface area contributed by atoms with Crippen molar-refractivity contribution in [1.29, 1.82) is 5.41 Å². The Morgan fingerprint density at radius 2 is 1.44 bits per heavy atom. The van der Waals surface area contributed by atoms with Crippen LogP contribution in [0.25, 0.3) is 0 Å². The van der Waals surface area contributed by atoms with Gasteiger partial charge in [0.2, 0.25) is 17.7 Å². The van der Waals surface area contributed by atoms with E-state index < -0.39 is 33.6 Å². The number of nitrogens with two attached hydrogens (primary N) is 2. The normalized spacial score (nSPS) is 14.5. The zero-order valence-corrected chi connectivity index (χ0v) is 32.9. The van der Waals surface area contributed by atoms with Gasteiger partial charge in [-0.25, -0.2) is 8.42 Å². The number of benzene rings is 2. The fourth-order valence-electron chi connectivity index (χ4n) is 6.44. The number of sulfone groups is 1. The molecular weight excluding hydrogens is 725 g/mol. The zero-order valence-electron chi connectivity index (χ0n) is 32.1. The Kier molecular flexibility index (Phi) is 21.6. The topological polar surface area (TPSA) is 225 Å². The van der Waals surface area contributed by atoms with Crippen molar-refractivity contribution in [2.75, 3.05) is 58.5 Å². The lowest BCUT2D eigenvalue weighted by Crippen LogP contribution is -2.50. The molecule has 55 heavy (non-hydrogen) atoms. The van der Waals surface area contributed by atoms with E-state index in [1.807, 2.05) is 6.07 Å². The van der Waals surface area contributed by atoms with E-state index in [-0.39, 0.29) is 48.6 Å². The van der Waals surface area contributed by atoms with E-state index in [0.29, 0.717) is 76.7 Å². The van der Waals surface area contributed by atoms with Crippen LogP contribution in [0.1, 0.15) is 80.9 Å². The number of amides is 3. The van der Waals surface area contributed by atoms with Crippen molar-refractivity contribution in [3.05, 3.63) is 71.3 Å². The Morgan fingerprint density at radius 3 is 2.07 bits per heavy atom. The van der Waals surface area contributed by atoms with Gasteiger partial charge in [-0.3, -0.25) is 19.8 Å². The van der Waals surface area contributed by atoms with Gasteiger partial charge in [0.25, 0.3) is 0 Å². The van der Waals surface area contributed by atoms with Crippen LogP contribution in [0.15, 0.2) is 54.6 Å². The summed E-state index contributed by atoms with van der Waals surface area (Å²) in [6.07, 6.45) is 6.85. The predicted molar refractivity (Wildman–Crippen MR) is 213 cm³/mol. The van der Waals surface area contributed by atoms with Gasteiger partial charge in [-0.1, -0.05) is 86.7 Å². The van der Waals surface area contributed by atoms with Crippen LogP contribution >= 0.6 is 0 Å². The van der Waals surface area contributed by atoms with Gasteiger partial charge in [0.15, 0.2) is 9.84 Å². The van der Waals surface area contributed by atoms with Crippen molar-refractivity contribution >= 4 is 33.4 Å². The minimum Gasteiger partial charge on any atom is -0.384 e. The molecule has 0 saturated heterocycles. The molecule has 3 amide bonds. The number of nitrogens with one attached hydrogen (secondary N) is 4. The van der Waals surface area contributed by atoms with E-state index in [9.17, 15) is 22.8 Å². The van der Waals surface area contributed by atoms with Crippen LogP contribution in [0, 0.1) is 17.2 Å². The van der Waals surface area contributed by atoms with Gasteiger partial charge in [-0.15, -0.1) is 0 Å². The lowest BCUT2D eigenvalue weighted by molar-refractivity contribution is -0.131. The standard InChI is InChI=1S/C40H62N6O8S/c41-19-7-21-52-23-25-54-26-24-53-22-8-20-44-37(47)18-17-36(40(49)45-28-32-13-15-34(16-14-32)38(42)43)46-39(48)35(27-31-9-3-1-4-10-31)30-55(50,51)29-33-11-5-2-6-12-33/h2,5-6,11-16,31,35-36H,1,3-4,7-10,17-30,41H2,(H3,42,43)(H,44,47)(H,45,49)(H,46,48)/t35-,36-/m0/s1. The second kappa shape index (κ2) is 26.1. The van der Waals surface area contributed by atoms with E-state index in [2.05, 4.69) is 16.0 Å². The molecule has 1 aliphatic rings. The highest BCUT2D eigenvalue weighted by molar-refractivity contribution is 7.90. The lowest BCUT2D eigenvalue weighted by Gasteiger charge is -2.27. The maximum Gasteiger partial charge on any atom is 0.242 e. The summed E-state index contributed by atoms with van der Waals surface area (Å²) in [6, 6.07) is 14.7. The predicted octanol–water partition coefficient (Wildman–Crippen LogP) is 2.96. The van der Waals surface area contributed by atoms with Crippen molar-refractivity contribution in [2.24, 2.45) is 23.3 Å². The molecule has 0 bridgehead atoms. The molecule has 2 atom stereocenters. The third-order valence-electron chi connectivity index (χ3n) is 9.45. The third-order valence-corrected chi connectivity index (χ3v) is 11.1. The molecule has 0 unspecified atom stereocenters. The second-order valence-corrected chi connectivity index (χ2v) is 16.2. The molecule has 306 valence electrons. The number of amidine groups is 1. The minimum atomic E-state index is -3.67. The number of hydrogen-bond acceptors (Lipinski definition) is 10. The highest BCUT2D eigenvalue weighted by atomic mass is 32.2. The Bertz CT molecular complexity index is 1540. The first-order chi connectivity index (χ1) is 26.6. The SMILES string of the molecule is N=C(N)c1ccc(CNC(=O)[C@H](CCC(=O)NCCCOCCOCCOCCCN)NC(=O)[C@@H](CC2CCCCC2)CS(=O)(=O)Cc2ccccc2)cc1. The van der Waals surface area contributed by atoms with Gasteiger partial charge >= 0.3 is 0 Å². The molecule has 0 spiro atoms. The maximum atomic E-state index is 14.0. The molecule has 1 saturated carbocycles. The molecule has 14 nitrogen and oxygen atoms in total. The van der Waals surface area contributed by atoms with Crippen molar-refractivity contribution < 1.29 is 37.0 Å². The van der Waals surface area contributed by atoms with Gasteiger partial charge in [0.1, 0.15) is 11.9 Å². The summed E-state index contributed by atoms with van der Waals surface area (Å²) < 4.78 is 43.3. The smallest absolute Gasteiger partial charge is 0.242 e. The van der Waals surface area contributed by atoms with E-state index in [0.717, 1.165) is 44.1 Å². The van der Waals surface area contributed by atoms with E-state index in [1.54, 1.807) is 48.5 Å². The Morgan fingerprint density at radius 1 is 0.800 bits per heavy atom. The summed E-state index contributed by atoms with van der Waals surface area (Å²) in [5.41, 5.74) is 12.9. The second-order valence-electron chi connectivity index (χ2n) is 14.1. The summed E-state index contributed by atoms with van der Waals surface area (Å²) in [5, 5.41) is 16.1. The first kappa shape index (κ1) is 45.5. The molecule has 3 rings (SSSR count). The summed E-state index contributed by atoms with van der Waals surface area (Å²) in [5.74, 6) is -2.49. The van der Waals surface area contributed by atoms with Crippen LogP contribution in [0.2, 0.25) is 0 Å². The number of rotatable bonds is 28. The monoisotopic (exact) mass is 786 g/mol. The van der Waals surface area contributed by atoms with Gasteiger partial charge in [-0.05, 0) is 49.3 Å². The average molecular weight is 787 g/mol. The van der Waals surface area contributed by atoms with Gasteiger partial charge in [0, 0.05) is 38.3 Å². The number of ether oxygens (including phenoxy) is 3. The molecule has 8 N–H and O–H groups in total. The van der Waals surface area contributed by atoms with E-state index in [1.165, 1.54) is 0 Å². The largest absolute Gasteiger partial charge is 0.384 e. The molecular formula is C40H62N6O8S. The van der Waals surface area contributed by atoms with E-state index >= 15 is 0 Å². The van der Waals surface area contributed by atoms with Crippen LogP contribution in [0.3, 0.4) is 0 Å². The van der Waals surface area contributed by atoms with Crippen LogP contribution in [-0.2, 0) is 50.7 Å². The molecule has 2 aromatic rings. The third kappa shape index (κ3) is 19.5. The van der Waals surface area contributed by atoms with Crippen molar-refractivity contribution in [2.45, 2.75) is 82.5 Å². The first-order valence-electron chi connectivity index (χ1n) is 19.5. The Hall–Kier alpha value is -3.89. The summed E-state index contributed by atoms with van der Waals surface area (Å²) in [7, 11) is -3.67. The molecule has 1 aliphatic carbocycles. The number of nitrogen functional groups attached to an aromatic ring is 1. The number of hydrogen-bond donors (Lipinski definition) is 6. The highest BCUT2D eigenvalue weighted by Gasteiger charge is 2.32. The number of carbonyl (C=O) groups is 3. The molecule has 0 aliphatic heterocycles. The summed E-state index contributed by atoms with van der Waals surface area (Å²) in [4.78, 5) is 40.4. The Balaban J connectivity index is 1.57. The van der Waals surface area contributed by atoms with Crippen LogP contribution in [0.5, 0.6) is 0 Å². The summed E-state index contributed by atoms with van der Waals surface area (Å²) >= 11 is 0. The highest BCUT2D eigenvalue weighted by Crippen LogP contribution is 2.30. The zero-order chi connectivity index (χ0) is 39.7. The molecule has 15 heteroatoms. The van der Waals surface area contributed by atoms with Crippen molar-refractivity contribution in [3.8, 4) is 0 Å². The van der Waals surface area contributed by atoms with Crippen LogP contribution in [-0.4, -0.2) is 96.5 Å². The van der Waals surface area contributed by atoms with Crippen molar-refractivity contribution in [1.82, 2.24) is 16.0 Å².